The molecule has 32 heavy (non-hydrogen) atoms. The van der Waals surface area contributed by atoms with Crippen LogP contribution < -0.4 is 5.56 Å². The van der Waals surface area contributed by atoms with E-state index in [1.165, 1.54) is 31.0 Å². The number of aryl methyl sites for hydroxylation is 1. The van der Waals surface area contributed by atoms with Gasteiger partial charge in [-0.05, 0) is 38.3 Å². The zero-order chi connectivity index (χ0) is 22.5. The smallest absolute Gasteiger partial charge is 0.262 e. The Labute approximate surface area is 193 Å². The molecule has 172 valence electrons. The van der Waals surface area contributed by atoms with Gasteiger partial charge in [-0.3, -0.25) is 18.6 Å². The van der Waals surface area contributed by atoms with Gasteiger partial charge in [-0.1, -0.05) is 62.9 Å². The lowest BCUT2D eigenvalue weighted by atomic mass is 9.94. The number of hydrogen-bond donors (Lipinski definition) is 0. The Morgan fingerprint density at radius 1 is 1.12 bits per heavy atom. The fourth-order valence-electron chi connectivity index (χ4n) is 4.79. The topological polar surface area (TPSA) is 72.5 Å². The van der Waals surface area contributed by atoms with Crippen LogP contribution in [0.4, 0.5) is 0 Å². The second-order valence-corrected chi connectivity index (χ2v) is 9.50. The molecule has 7 nitrogen and oxygen atoms in total. The van der Waals surface area contributed by atoms with Crippen LogP contribution in [0.3, 0.4) is 0 Å². The molecule has 0 aliphatic heterocycles. The lowest BCUT2D eigenvalue weighted by Crippen LogP contribution is -2.42. The molecular weight excluding hydrogens is 422 g/mol. The Hall–Kier alpha value is -2.35. The normalized spacial score (nSPS) is 14.9. The predicted molar refractivity (Wildman–Crippen MR) is 129 cm³/mol. The average molecular weight is 456 g/mol. The highest BCUT2D eigenvalue weighted by Crippen LogP contribution is 2.25. The van der Waals surface area contributed by atoms with E-state index in [-0.39, 0.29) is 11.5 Å². The fourth-order valence-corrected chi connectivity index (χ4v) is 5.61. The summed E-state index contributed by atoms with van der Waals surface area (Å²) in [7, 11) is 0. The first kappa shape index (κ1) is 22.8. The number of unbranched alkanes of at least 4 members (excludes halogenated alkanes) is 2. The average Bonchev–Trinajstić information content (AvgIpc) is 3.25. The minimum Gasteiger partial charge on any atom is -0.339 e. The molecule has 1 fully saturated rings. The first-order chi connectivity index (χ1) is 15.7. The molecule has 0 atom stereocenters. The lowest BCUT2D eigenvalue weighted by molar-refractivity contribution is -0.131. The van der Waals surface area contributed by atoms with Crippen LogP contribution in [0, 0.1) is 0 Å². The van der Waals surface area contributed by atoms with Crippen molar-refractivity contribution in [1.82, 2.24) is 24.1 Å². The van der Waals surface area contributed by atoms with Crippen LogP contribution in [0.15, 0.2) is 34.2 Å². The highest BCUT2D eigenvalue weighted by atomic mass is 32.2. The van der Waals surface area contributed by atoms with Gasteiger partial charge in [0.15, 0.2) is 5.16 Å². The third-order valence-corrected chi connectivity index (χ3v) is 7.38. The molecule has 0 N–H and O–H groups in total. The third-order valence-electron chi connectivity index (χ3n) is 6.46. The number of rotatable bonds is 9. The van der Waals surface area contributed by atoms with Gasteiger partial charge in [-0.2, -0.15) is 0 Å². The SMILES string of the molecule is CCCCCn1c(=O)c2ccccc2n2c(SCC(=O)N(CC)C3CCCCC3)nnc12. The molecule has 2 aromatic heterocycles. The summed E-state index contributed by atoms with van der Waals surface area (Å²) in [6.07, 6.45) is 8.96. The van der Waals surface area contributed by atoms with Crippen molar-refractivity contribution in [1.29, 1.82) is 0 Å². The van der Waals surface area contributed by atoms with Crippen molar-refractivity contribution in [3.05, 3.63) is 34.6 Å². The summed E-state index contributed by atoms with van der Waals surface area (Å²) >= 11 is 1.41. The van der Waals surface area contributed by atoms with Crippen LogP contribution in [-0.2, 0) is 11.3 Å². The first-order valence-corrected chi connectivity index (χ1v) is 12.9. The Kier molecular flexibility index (Phi) is 7.50. The van der Waals surface area contributed by atoms with Gasteiger partial charge < -0.3 is 4.90 Å². The Morgan fingerprint density at radius 3 is 2.66 bits per heavy atom. The van der Waals surface area contributed by atoms with Gasteiger partial charge in [-0.25, -0.2) is 0 Å². The van der Waals surface area contributed by atoms with Crippen molar-refractivity contribution in [2.24, 2.45) is 0 Å². The lowest BCUT2D eigenvalue weighted by Gasteiger charge is -2.33. The number of aromatic nitrogens is 4. The van der Waals surface area contributed by atoms with E-state index in [9.17, 15) is 9.59 Å². The fraction of sp³-hybridized carbons (Fsp3) is 0.583. The Balaban J connectivity index is 1.63. The van der Waals surface area contributed by atoms with Gasteiger partial charge in [0.2, 0.25) is 11.7 Å². The van der Waals surface area contributed by atoms with Crippen molar-refractivity contribution in [3.8, 4) is 0 Å². The minimum absolute atomic E-state index is 0.0290. The second kappa shape index (κ2) is 10.5. The number of amides is 1. The van der Waals surface area contributed by atoms with E-state index in [4.69, 9.17) is 0 Å². The maximum absolute atomic E-state index is 13.1. The highest BCUT2D eigenvalue weighted by Gasteiger charge is 2.25. The molecule has 1 aromatic carbocycles. The van der Waals surface area contributed by atoms with Crippen LogP contribution in [0.1, 0.15) is 65.2 Å². The van der Waals surface area contributed by atoms with Crippen molar-refractivity contribution in [2.45, 2.75) is 83.0 Å². The van der Waals surface area contributed by atoms with E-state index in [1.807, 2.05) is 33.6 Å². The van der Waals surface area contributed by atoms with E-state index in [1.54, 1.807) is 4.57 Å². The number of carbonyl (C=O) groups is 1. The summed E-state index contributed by atoms with van der Waals surface area (Å²) in [6.45, 7) is 5.57. The molecule has 2 heterocycles. The molecule has 0 unspecified atom stereocenters. The molecule has 0 spiro atoms. The number of carbonyl (C=O) groups excluding carboxylic acids is 1. The number of nitrogens with zero attached hydrogens (tertiary/aromatic N) is 5. The van der Waals surface area contributed by atoms with Crippen LogP contribution in [0.25, 0.3) is 16.7 Å². The third kappa shape index (κ3) is 4.56. The molecule has 8 heteroatoms. The van der Waals surface area contributed by atoms with Crippen LogP contribution in [-0.4, -0.2) is 48.3 Å². The van der Waals surface area contributed by atoms with E-state index in [0.29, 0.717) is 34.7 Å². The van der Waals surface area contributed by atoms with Gasteiger partial charge in [0, 0.05) is 19.1 Å². The Morgan fingerprint density at radius 2 is 1.91 bits per heavy atom. The van der Waals surface area contributed by atoms with Gasteiger partial charge in [0.1, 0.15) is 0 Å². The van der Waals surface area contributed by atoms with Crippen LogP contribution >= 0.6 is 11.8 Å². The van der Waals surface area contributed by atoms with Gasteiger partial charge in [-0.15, -0.1) is 10.2 Å². The summed E-state index contributed by atoms with van der Waals surface area (Å²) in [6, 6.07) is 7.95. The molecule has 3 aromatic rings. The van der Waals surface area contributed by atoms with E-state index < -0.39 is 0 Å². The number of para-hydroxylation sites is 1. The number of thioether (sulfide) groups is 1. The summed E-state index contributed by atoms with van der Waals surface area (Å²) in [5.74, 6) is 1.04. The van der Waals surface area contributed by atoms with Crippen molar-refractivity contribution < 1.29 is 4.79 Å². The maximum atomic E-state index is 13.1. The molecular formula is C24H33N5O2S. The van der Waals surface area contributed by atoms with E-state index in [2.05, 4.69) is 24.0 Å². The van der Waals surface area contributed by atoms with Crippen molar-refractivity contribution in [3.63, 3.8) is 0 Å². The molecule has 0 radical (unpaired) electrons. The summed E-state index contributed by atoms with van der Waals surface area (Å²) in [5, 5.41) is 10.1. The monoisotopic (exact) mass is 455 g/mol. The number of benzene rings is 1. The minimum atomic E-state index is -0.0290. The second-order valence-electron chi connectivity index (χ2n) is 8.56. The first-order valence-electron chi connectivity index (χ1n) is 11.9. The zero-order valence-corrected chi connectivity index (χ0v) is 19.9. The standard InChI is InChI=1S/C24H33N5O2S/c1-3-5-11-16-28-22(31)19-14-9-10-15-20(19)29-23(28)25-26-24(29)32-17-21(30)27(4-2)18-12-7-6-8-13-18/h9-10,14-15,18H,3-8,11-13,16-17H2,1-2H3. The maximum Gasteiger partial charge on any atom is 0.262 e. The highest BCUT2D eigenvalue weighted by molar-refractivity contribution is 7.99. The molecule has 0 bridgehead atoms. The Bertz CT molecular complexity index is 1130. The molecule has 1 aliphatic rings. The van der Waals surface area contributed by atoms with Crippen LogP contribution in [0.5, 0.6) is 0 Å². The molecule has 0 saturated heterocycles. The zero-order valence-electron chi connectivity index (χ0n) is 19.1. The quantitative estimate of drug-likeness (QED) is 0.351. The molecule has 1 amide bonds. The van der Waals surface area contributed by atoms with Gasteiger partial charge in [0.25, 0.3) is 5.56 Å². The molecule has 4 rings (SSSR count). The van der Waals surface area contributed by atoms with Crippen molar-refractivity contribution in [2.75, 3.05) is 12.3 Å². The summed E-state index contributed by atoms with van der Waals surface area (Å²) < 4.78 is 3.68. The van der Waals surface area contributed by atoms with E-state index >= 15 is 0 Å². The van der Waals surface area contributed by atoms with E-state index in [0.717, 1.165) is 44.2 Å². The predicted octanol–water partition coefficient (Wildman–Crippen LogP) is 4.51. The molecule has 1 saturated carbocycles. The van der Waals surface area contributed by atoms with Crippen LogP contribution in [0.2, 0.25) is 0 Å². The van der Waals surface area contributed by atoms with Crippen molar-refractivity contribution >= 4 is 34.3 Å². The molecule has 1 aliphatic carbocycles. The number of fused-ring (bicyclic) bond motifs is 3. The summed E-state index contributed by atoms with van der Waals surface area (Å²) in [4.78, 5) is 28.2. The van der Waals surface area contributed by atoms with Gasteiger partial charge in [0.05, 0.1) is 16.7 Å². The number of hydrogen-bond acceptors (Lipinski definition) is 5. The largest absolute Gasteiger partial charge is 0.339 e. The van der Waals surface area contributed by atoms with Gasteiger partial charge >= 0.3 is 0 Å². The summed E-state index contributed by atoms with van der Waals surface area (Å²) in [5.41, 5.74) is 0.762.